The molecule has 0 unspecified atom stereocenters. The molecule has 0 saturated carbocycles. The number of benzene rings is 1. The van der Waals surface area contributed by atoms with Crippen LogP contribution in [-0.2, 0) is 6.42 Å². The van der Waals surface area contributed by atoms with Gasteiger partial charge >= 0.3 is 0 Å². The van der Waals surface area contributed by atoms with E-state index in [9.17, 15) is 24.4 Å². The molecule has 0 amide bonds. The summed E-state index contributed by atoms with van der Waals surface area (Å²) in [6, 6.07) is 0.595. The van der Waals surface area contributed by atoms with Gasteiger partial charge < -0.3 is 5.11 Å². The Bertz CT molecular complexity index is 498. The molecule has 0 spiro atoms. The molecule has 1 aromatic rings. The van der Waals surface area contributed by atoms with Gasteiger partial charge in [0.1, 0.15) is 5.56 Å². The molecule has 0 aliphatic heterocycles. The number of Topliss-reactive ketones (excluding diaryl/α,β-unsaturated/α-hetero) is 1. The molecule has 0 atom stereocenters. The average Bonchev–Trinajstić information content (AvgIpc) is 2.23. The first-order valence-corrected chi connectivity index (χ1v) is 4.74. The number of phenolic OH excluding ortho intramolecular Hbond substituents is 1. The molecular weight excluding hydrogens is 217 g/mol. The van der Waals surface area contributed by atoms with Crippen molar-refractivity contribution in [3.8, 4) is 5.75 Å². The highest BCUT2D eigenvalue weighted by atomic mass is 19.1. The van der Waals surface area contributed by atoms with Gasteiger partial charge in [-0.3, -0.25) is 14.9 Å². The summed E-state index contributed by atoms with van der Waals surface area (Å²) in [5.41, 5.74) is -0.645. The molecule has 0 fully saturated rings. The molecule has 0 saturated heterocycles. The van der Waals surface area contributed by atoms with Gasteiger partial charge in [-0.1, -0.05) is 0 Å². The van der Waals surface area contributed by atoms with Gasteiger partial charge in [-0.25, -0.2) is 4.39 Å². The van der Waals surface area contributed by atoms with E-state index in [1.165, 1.54) is 0 Å². The van der Waals surface area contributed by atoms with Crippen molar-refractivity contribution in [1.29, 1.82) is 0 Å². The predicted molar refractivity (Wildman–Crippen MR) is 52.0 cm³/mol. The van der Waals surface area contributed by atoms with Crippen LogP contribution in [0.25, 0.3) is 0 Å². The number of aromatic hydroxyl groups is 1. The van der Waals surface area contributed by atoms with Crippen molar-refractivity contribution in [2.24, 2.45) is 0 Å². The van der Waals surface area contributed by atoms with E-state index < -0.39 is 28.0 Å². The third kappa shape index (κ3) is 1.42. The molecule has 0 radical (unpaired) electrons. The minimum atomic E-state index is -1.06. The zero-order valence-electron chi connectivity index (χ0n) is 8.20. The Hall–Kier alpha value is -1.98. The van der Waals surface area contributed by atoms with Crippen LogP contribution in [0.1, 0.15) is 28.8 Å². The molecule has 16 heavy (non-hydrogen) atoms. The number of carbonyl (C=O) groups is 1. The fourth-order valence-corrected chi connectivity index (χ4v) is 1.93. The summed E-state index contributed by atoms with van der Waals surface area (Å²) in [5, 5.41) is 20.1. The minimum Gasteiger partial charge on any atom is -0.505 e. The summed E-state index contributed by atoms with van der Waals surface area (Å²) in [4.78, 5) is 21.4. The van der Waals surface area contributed by atoms with Crippen LogP contribution in [0.5, 0.6) is 5.75 Å². The molecule has 2 rings (SSSR count). The van der Waals surface area contributed by atoms with Gasteiger partial charge in [0, 0.05) is 12.0 Å². The topological polar surface area (TPSA) is 80.4 Å². The lowest BCUT2D eigenvalue weighted by Crippen LogP contribution is -2.14. The third-order valence-electron chi connectivity index (χ3n) is 2.64. The van der Waals surface area contributed by atoms with Crippen LogP contribution in [-0.4, -0.2) is 15.8 Å². The van der Waals surface area contributed by atoms with Crippen molar-refractivity contribution in [3.63, 3.8) is 0 Å². The number of hydrogen-bond donors (Lipinski definition) is 1. The molecule has 1 aliphatic carbocycles. The van der Waals surface area contributed by atoms with Crippen molar-refractivity contribution in [3.05, 3.63) is 33.1 Å². The Morgan fingerprint density at radius 1 is 1.44 bits per heavy atom. The maximum atomic E-state index is 13.2. The van der Waals surface area contributed by atoms with E-state index in [0.29, 0.717) is 12.5 Å². The molecule has 0 aromatic heterocycles. The number of fused-ring (bicyclic) bond motifs is 1. The predicted octanol–water partition coefficient (Wildman–Crippen LogP) is 1.96. The summed E-state index contributed by atoms with van der Waals surface area (Å²) in [7, 11) is 0. The van der Waals surface area contributed by atoms with Crippen molar-refractivity contribution in [1.82, 2.24) is 0 Å². The number of halogens is 1. The quantitative estimate of drug-likeness (QED) is 0.585. The average molecular weight is 225 g/mol. The third-order valence-corrected chi connectivity index (χ3v) is 2.64. The van der Waals surface area contributed by atoms with Gasteiger partial charge in [-0.05, 0) is 12.8 Å². The first kappa shape index (κ1) is 10.5. The first-order chi connectivity index (χ1) is 7.52. The summed E-state index contributed by atoms with van der Waals surface area (Å²) in [5.74, 6) is -2.11. The van der Waals surface area contributed by atoms with Crippen molar-refractivity contribution in [2.75, 3.05) is 0 Å². The van der Waals surface area contributed by atoms with Crippen molar-refractivity contribution in [2.45, 2.75) is 19.3 Å². The molecule has 1 aliphatic rings. The number of ketones is 1. The second-order valence-electron chi connectivity index (χ2n) is 3.61. The number of carbonyl (C=O) groups excluding carboxylic acids is 1. The van der Waals surface area contributed by atoms with Crippen LogP contribution in [0, 0.1) is 15.9 Å². The highest BCUT2D eigenvalue weighted by molar-refractivity contribution is 6.02. The van der Waals surface area contributed by atoms with Crippen molar-refractivity contribution >= 4 is 11.5 Å². The molecule has 6 heteroatoms. The van der Waals surface area contributed by atoms with Crippen LogP contribution in [0.2, 0.25) is 0 Å². The summed E-state index contributed by atoms with van der Waals surface area (Å²) >= 11 is 0. The van der Waals surface area contributed by atoms with Gasteiger partial charge in [0.2, 0.25) is 0 Å². The van der Waals surface area contributed by atoms with Gasteiger partial charge in [-0.2, -0.15) is 0 Å². The fourth-order valence-electron chi connectivity index (χ4n) is 1.93. The Morgan fingerprint density at radius 3 is 2.75 bits per heavy atom. The Balaban J connectivity index is 2.77. The first-order valence-electron chi connectivity index (χ1n) is 4.74. The highest BCUT2D eigenvalue weighted by Crippen LogP contribution is 2.37. The van der Waals surface area contributed by atoms with E-state index in [0.717, 1.165) is 0 Å². The lowest BCUT2D eigenvalue weighted by atomic mass is 9.88. The lowest BCUT2D eigenvalue weighted by molar-refractivity contribution is -0.385. The maximum absolute atomic E-state index is 13.2. The Kier molecular flexibility index (Phi) is 2.34. The zero-order chi connectivity index (χ0) is 11.9. The molecule has 0 heterocycles. The van der Waals surface area contributed by atoms with Crippen LogP contribution in [0.3, 0.4) is 0 Å². The minimum absolute atomic E-state index is 0.0583. The maximum Gasteiger partial charge on any atom is 0.283 e. The Morgan fingerprint density at radius 2 is 2.12 bits per heavy atom. The van der Waals surface area contributed by atoms with Crippen molar-refractivity contribution < 1.29 is 19.2 Å². The zero-order valence-corrected chi connectivity index (χ0v) is 8.20. The second-order valence-corrected chi connectivity index (χ2v) is 3.61. The number of nitro groups is 1. The molecule has 1 N–H and O–H groups in total. The second kappa shape index (κ2) is 3.55. The molecule has 84 valence electrons. The van der Waals surface area contributed by atoms with E-state index in [2.05, 4.69) is 0 Å². The van der Waals surface area contributed by atoms with Crippen LogP contribution < -0.4 is 0 Å². The molecular formula is C10H8FNO4. The largest absolute Gasteiger partial charge is 0.505 e. The standard InChI is InChI=1S/C10H8FNO4/c11-6-4-7(12(15)16)9-5(10(6)14)2-1-3-8(9)13/h4,14H,1-3H2. The van der Waals surface area contributed by atoms with Gasteiger partial charge in [0.05, 0.1) is 11.0 Å². The van der Waals surface area contributed by atoms with Crippen LogP contribution >= 0.6 is 0 Å². The van der Waals surface area contributed by atoms with Gasteiger partial charge in [0.25, 0.3) is 5.69 Å². The van der Waals surface area contributed by atoms with E-state index >= 15 is 0 Å². The molecule has 5 nitrogen and oxygen atoms in total. The molecule has 0 bridgehead atoms. The van der Waals surface area contributed by atoms with E-state index in [-0.39, 0.29) is 24.0 Å². The number of rotatable bonds is 1. The van der Waals surface area contributed by atoms with Gasteiger partial charge in [-0.15, -0.1) is 0 Å². The van der Waals surface area contributed by atoms with Gasteiger partial charge in [0.15, 0.2) is 17.3 Å². The monoisotopic (exact) mass is 225 g/mol. The van der Waals surface area contributed by atoms with E-state index in [1.807, 2.05) is 0 Å². The summed E-state index contributed by atoms with van der Waals surface area (Å²) in [6.07, 6.45) is 0.949. The normalized spacial score (nSPS) is 14.7. The summed E-state index contributed by atoms with van der Waals surface area (Å²) in [6.45, 7) is 0. The highest BCUT2D eigenvalue weighted by Gasteiger charge is 2.31. The van der Waals surface area contributed by atoms with E-state index in [1.54, 1.807) is 0 Å². The SMILES string of the molecule is O=C1CCCc2c(O)c(F)cc([N+](=O)[O-])c21. The number of hydrogen-bond acceptors (Lipinski definition) is 4. The lowest BCUT2D eigenvalue weighted by Gasteiger charge is -2.15. The van der Waals surface area contributed by atoms with E-state index in [4.69, 9.17) is 0 Å². The fraction of sp³-hybridized carbons (Fsp3) is 0.300. The number of phenols is 1. The van der Waals surface area contributed by atoms with Crippen LogP contribution in [0.15, 0.2) is 6.07 Å². The Labute approximate surface area is 89.7 Å². The number of nitro benzene ring substituents is 1. The number of nitrogens with zero attached hydrogens (tertiary/aromatic N) is 1. The summed E-state index contributed by atoms with van der Waals surface area (Å²) < 4.78 is 13.2. The van der Waals surface area contributed by atoms with Crippen LogP contribution in [0.4, 0.5) is 10.1 Å². The molecule has 1 aromatic carbocycles. The smallest absolute Gasteiger partial charge is 0.283 e.